The molecule has 0 heterocycles. The molecule has 0 aliphatic rings. The summed E-state index contributed by atoms with van der Waals surface area (Å²) in [6.07, 6.45) is 6.12. The predicted octanol–water partition coefficient (Wildman–Crippen LogP) is 3.35. The molecule has 0 saturated heterocycles. The highest BCUT2D eigenvalue weighted by Gasteiger charge is 2.19. The minimum Gasteiger partial charge on any atom is -0.323 e. The average Bonchev–Trinajstić information content (AvgIpc) is 2.68. The van der Waals surface area contributed by atoms with Gasteiger partial charge in [0.25, 0.3) is 5.91 Å². The van der Waals surface area contributed by atoms with Gasteiger partial charge in [-0.3, -0.25) is 4.79 Å². The molecule has 0 aromatic heterocycles. The van der Waals surface area contributed by atoms with Crippen LogP contribution in [0.3, 0.4) is 0 Å². The van der Waals surface area contributed by atoms with Crippen molar-refractivity contribution in [3.8, 4) is 12.3 Å². The van der Waals surface area contributed by atoms with E-state index in [1.807, 2.05) is 38.1 Å². The van der Waals surface area contributed by atoms with Gasteiger partial charge in [0, 0.05) is 18.2 Å². The van der Waals surface area contributed by atoms with Crippen LogP contribution in [0.15, 0.2) is 53.4 Å². The molecule has 0 radical (unpaired) electrons. The number of nitrogens with zero attached hydrogens (tertiary/aromatic N) is 1. The number of nitrogens with one attached hydrogen (secondary N) is 1. The maximum atomic E-state index is 12.9. The van der Waals surface area contributed by atoms with Crippen LogP contribution in [0.1, 0.15) is 41.8 Å². The molecule has 0 bridgehead atoms. The van der Waals surface area contributed by atoms with Crippen LogP contribution in [0.25, 0.3) is 0 Å². The summed E-state index contributed by atoms with van der Waals surface area (Å²) in [4.78, 5) is 14.5. The number of terminal acetylenes is 1. The van der Waals surface area contributed by atoms with Gasteiger partial charge >= 0.3 is 0 Å². The molecular weight excluding hydrogens is 372 g/mol. The predicted molar refractivity (Wildman–Crippen MR) is 111 cm³/mol. The first kappa shape index (κ1) is 21.7. The first-order valence-corrected chi connectivity index (χ1v) is 10.7. The van der Waals surface area contributed by atoms with Gasteiger partial charge in [-0.1, -0.05) is 42.7 Å². The van der Waals surface area contributed by atoms with Crippen LogP contribution < -0.4 is 4.72 Å². The van der Waals surface area contributed by atoms with Gasteiger partial charge in [0.1, 0.15) is 0 Å². The molecule has 0 aliphatic carbocycles. The summed E-state index contributed by atoms with van der Waals surface area (Å²) in [6, 6.07) is 13.7. The van der Waals surface area contributed by atoms with Gasteiger partial charge < -0.3 is 4.90 Å². The van der Waals surface area contributed by atoms with Crippen molar-refractivity contribution in [2.75, 3.05) is 6.54 Å². The number of aryl methyl sites for hydroxylation is 1. The fourth-order valence-corrected chi connectivity index (χ4v) is 3.93. The minimum absolute atomic E-state index is 0.131. The minimum atomic E-state index is -3.60. The van der Waals surface area contributed by atoms with Crippen molar-refractivity contribution in [3.05, 3.63) is 65.2 Å². The molecule has 0 spiro atoms. The van der Waals surface area contributed by atoms with E-state index in [9.17, 15) is 13.2 Å². The van der Waals surface area contributed by atoms with E-state index in [2.05, 4.69) is 10.6 Å². The van der Waals surface area contributed by atoms with Crippen LogP contribution in [-0.2, 0) is 16.6 Å². The van der Waals surface area contributed by atoms with E-state index in [0.717, 1.165) is 11.1 Å². The number of benzene rings is 2. The largest absolute Gasteiger partial charge is 0.323 e. The number of hydrogen-bond acceptors (Lipinski definition) is 3. The summed E-state index contributed by atoms with van der Waals surface area (Å²) in [5.74, 6) is 2.27. The van der Waals surface area contributed by atoms with Crippen LogP contribution in [0.5, 0.6) is 0 Å². The van der Waals surface area contributed by atoms with E-state index in [1.165, 1.54) is 24.3 Å². The average molecular weight is 399 g/mol. The van der Waals surface area contributed by atoms with E-state index in [0.29, 0.717) is 18.5 Å². The lowest BCUT2D eigenvalue weighted by Gasteiger charge is -2.21. The zero-order valence-electron chi connectivity index (χ0n) is 16.5. The molecule has 2 aromatic rings. The third kappa shape index (κ3) is 5.69. The van der Waals surface area contributed by atoms with Crippen molar-refractivity contribution < 1.29 is 13.2 Å². The van der Waals surface area contributed by atoms with E-state index in [4.69, 9.17) is 6.42 Å². The normalized spacial score (nSPS) is 12.2. The van der Waals surface area contributed by atoms with Gasteiger partial charge in [0.2, 0.25) is 10.0 Å². The Morgan fingerprint density at radius 2 is 1.75 bits per heavy atom. The number of rotatable bonds is 8. The molecule has 1 amide bonds. The van der Waals surface area contributed by atoms with Gasteiger partial charge in [-0.15, -0.1) is 6.42 Å². The highest BCUT2D eigenvalue weighted by atomic mass is 32.2. The molecule has 6 heteroatoms. The van der Waals surface area contributed by atoms with Crippen molar-refractivity contribution in [2.45, 2.75) is 44.7 Å². The summed E-state index contributed by atoms with van der Waals surface area (Å²) < 4.78 is 27.3. The third-order valence-electron chi connectivity index (χ3n) is 4.44. The summed E-state index contributed by atoms with van der Waals surface area (Å²) >= 11 is 0. The number of carbonyl (C=O) groups is 1. The van der Waals surface area contributed by atoms with Crippen molar-refractivity contribution in [1.29, 1.82) is 0 Å². The number of carbonyl (C=O) groups excluding carboxylic acids is 1. The monoisotopic (exact) mass is 398 g/mol. The molecule has 0 saturated carbocycles. The third-order valence-corrected chi connectivity index (χ3v) is 6.05. The Kier molecular flexibility index (Phi) is 7.38. The molecule has 1 atom stereocenters. The maximum Gasteiger partial charge on any atom is 0.254 e. The zero-order valence-corrected chi connectivity index (χ0v) is 17.3. The van der Waals surface area contributed by atoms with Crippen molar-refractivity contribution in [1.82, 2.24) is 9.62 Å². The molecule has 1 N–H and O–H groups in total. The Hall–Kier alpha value is -2.62. The van der Waals surface area contributed by atoms with E-state index < -0.39 is 10.0 Å². The molecule has 0 fully saturated rings. The van der Waals surface area contributed by atoms with Crippen LogP contribution in [0.4, 0.5) is 0 Å². The standard InChI is InChI=1S/C22H26N2O3S/c1-5-15-24(16-19-9-7-17(3)8-10-19)22(25)20-11-13-21(14-12-20)28(26,27)23-18(4)6-2/h1,7-14,18,23H,6,15-16H2,2-4H3/t18-/m0/s1. The second-order valence-corrected chi connectivity index (χ2v) is 8.52. The lowest BCUT2D eigenvalue weighted by molar-refractivity contribution is 0.0765. The Bertz CT molecular complexity index is 943. The second kappa shape index (κ2) is 9.54. The molecule has 148 valence electrons. The van der Waals surface area contributed by atoms with E-state index in [1.54, 1.807) is 11.8 Å². The van der Waals surface area contributed by atoms with Gasteiger partial charge in [0.05, 0.1) is 11.4 Å². The zero-order chi connectivity index (χ0) is 20.7. The van der Waals surface area contributed by atoms with Crippen LogP contribution in [-0.4, -0.2) is 31.8 Å². The molecule has 28 heavy (non-hydrogen) atoms. The van der Waals surface area contributed by atoms with E-state index >= 15 is 0 Å². The van der Waals surface area contributed by atoms with Crippen LogP contribution in [0, 0.1) is 19.3 Å². The number of sulfonamides is 1. The summed E-state index contributed by atoms with van der Waals surface area (Å²) in [6.45, 7) is 6.27. The van der Waals surface area contributed by atoms with E-state index in [-0.39, 0.29) is 23.4 Å². The van der Waals surface area contributed by atoms with Crippen molar-refractivity contribution in [2.24, 2.45) is 0 Å². The highest BCUT2D eigenvalue weighted by Crippen LogP contribution is 2.15. The highest BCUT2D eigenvalue weighted by molar-refractivity contribution is 7.89. The number of amides is 1. The lowest BCUT2D eigenvalue weighted by atomic mass is 10.1. The van der Waals surface area contributed by atoms with Crippen molar-refractivity contribution in [3.63, 3.8) is 0 Å². The van der Waals surface area contributed by atoms with Gasteiger partial charge in [0.15, 0.2) is 0 Å². The van der Waals surface area contributed by atoms with Gasteiger partial charge in [-0.25, -0.2) is 13.1 Å². The first-order valence-electron chi connectivity index (χ1n) is 9.17. The summed E-state index contributed by atoms with van der Waals surface area (Å²) in [5.41, 5.74) is 2.51. The van der Waals surface area contributed by atoms with Gasteiger partial charge in [-0.2, -0.15) is 0 Å². The molecule has 0 unspecified atom stereocenters. The smallest absolute Gasteiger partial charge is 0.254 e. The first-order chi connectivity index (χ1) is 13.3. The summed E-state index contributed by atoms with van der Waals surface area (Å²) in [7, 11) is -3.60. The Morgan fingerprint density at radius 1 is 1.14 bits per heavy atom. The molecule has 5 nitrogen and oxygen atoms in total. The quantitative estimate of drug-likeness (QED) is 0.694. The Morgan fingerprint density at radius 3 is 2.29 bits per heavy atom. The Labute approximate surface area is 167 Å². The molecule has 2 aromatic carbocycles. The van der Waals surface area contributed by atoms with Gasteiger partial charge in [-0.05, 0) is 50.1 Å². The fraction of sp³-hybridized carbons (Fsp3) is 0.318. The SMILES string of the molecule is C#CCN(Cc1ccc(C)cc1)C(=O)c1ccc(S(=O)(=O)N[C@@H](C)CC)cc1. The van der Waals surface area contributed by atoms with Crippen LogP contribution in [0.2, 0.25) is 0 Å². The van der Waals surface area contributed by atoms with Crippen LogP contribution >= 0.6 is 0 Å². The lowest BCUT2D eigenvalue weighted by Crippen LogP contribution is -2.32. The topological polar surface area (TPSA) is 66.5 Å². The fourth-order valence-electron chi connectivity index (χ4n) is 2.60. The molecule has 2 rings (SSSR count). The second-order valence-electron chi connectivity index (χ2n) is 6.81. The molecular formula is C22H26N2O3S. The molecule has 0 aliphatic heterocycles. The Balaban J connectivity index is 2.19. The number of hydrogen-bond donors (Lipinski definition) is 1. The maximum absolute atomic E-state index is 12.9. The summed E-state index contributed by atoms with van der Waals surface area (Å²) in [5, 5.41) is 0. The van der Waals surface area contributed by atoms with Crippen molar-refractivity contribution >= 4 is 15.9 Å².